The molecule has 0 atom stereocenters. The molecule has 1 amide bonds. The number of aromatic nitrogens is 2. The maximum atomic E-state index is 11.9. The van der Waals surface area contributed by atoms with Gasteiger partial charge in [0, 0.05) is 23.8 Å². The van der Waals surface area contributed by atoms with E-state index in [4.69, 9.17) is 0 Å². The third-order valence-corrected chi connectivity index (χ3v) is 2.87. The Kier molecular flexibility index (Phi) is 3.61. The van der Waals surface area contributed by atoms with Crippen molar-refractivity contribution in [3.63, 3.8) is 0 Å². The van der Waals surface area contributed by atoms with Gasteiger partial charge in [-0.2, -0.15) is 0 Å². The summed E-state index contributed by atoms with van der Waals surface area (Å²) in [5.41, 5.74) is 0.0628. The van der Waals surface area contributed by atoms with E-state index in [1.165, 1.54) is 16.8 Å². The number of carbonyl (C=O) groups is 1. The molecule has 2 aromatic rings. The molecule has 0 saturated heterocycles. The Morgan fingerprint density at radius 3 is 2.79 bits per heavy atom. The number of amides is 1. The van der Waals surface area contributed by atoms with E-state index in [9.17, 15) is 14.9 Å². The van der Waals surface area contributed by atoms with E-state index in [-0.39, 0.29) is 11.4 Å². The lowest BCUT2D eigenvalue weighted by atomic mass is 10.3. The molecule has 19 heavy (non-hydrogen) atoms. The smallest absolute Gasteiger partial charge is 0.287 e. The Balaban J connectivity index is 2.20. The minimum absolute atomic E-state index is 0.128. The average Bonchev–Trinajstić information content (AvgIpc) is 2.74. The van der Waals surface area contributed by atoms with Crippen LogP contribution in [0, 0.1) is 10.1 Å². The molecular weight excluding hydrogens is 316 g/mol. The monoisotopic (exact) mass is 324 g/mol. The zero-order valence-electron chi connectivity index (χ0n) is 9.83. The molecule has 2 aromatic heterocycles. The maximum Gasteiger partial charge on any atom is 0.287 e. The van der Waals surface area contributed by atoms with Crippen molar-refractivity contribution in [1.29, 1.82) is 0 Å². The number of hydrogen-bond donors (Lipinski definition) is 1. The van der Waals surface area contributed by atoms with Crippen LogP contribution in [0.4, 0.5) is 11.5 Å². The van der Waals surface area contributed by atoms with Gasteiger partial charge in [0.15, 0.2) is 0 Å². The Bertz CT molecular complexity index is 636. The van der Waals surface area contributed by atoms with Crippen molar-refractivity contribution in [1.82, 2.24) is 9.55 Å². The molecule has 0 fully saturated rings. The fourth-order valence-electron chi connectivity index (χ4n) is 1.50. The number of carbonyl (C=O) groups excluding carboxylic acids is 1. The minimum Gasteiger partial charge on any atom is -0.340 e. The number of pyridine rings is 1. The van der Waals surface area contributed by atoms with E-state index in [1.807, 2.05) is 0 Å². The normalized spacial score (nSPS) is 10.2. The Morgan fingerprint density at radius 2 is 2.26 bits per heavy atom. The maximum absolute atomic E-state index is 11.9. The quantitative estimate of drug-likeness (QED) is 0.693. The van der Waals surface area contributed by atoms with E-state index in [0.717, 1.165) is 4.47 Å². The molecule has 0 saturated carbocycles. The fraction of sp³-hybridized carbons (Fsp3) is 0.0909. The van der Waals surface area contributed by atoms with E-state index in [0.29, 0.717) is 5.82 Å². The molecule has 1 N–H and O–H groups in total. The van der Waals surface area contributed by atoms with Crippen molar-refractivity contribution in [3.8, 4) is 0 Å². The molecule has 0 radical (unpaired) electrons. The summed E-state index contributed by atoms with van der Waals surface area (Å²) in [6.07, 6.45) is 2.83. The molecule has 98 valence electrons. The first kappa shape index (κ1) is 13.2. The van der Waals surface area contributed by atoms with Crippen molar-refractivity contribution in [2.24, 2.45) is 7.05 Å². The average molecular weight is 325 g/mol. The predicted octanol–water partition coefficient (Wildman–Crippen LogP) is 2.34. The van der Waals surface area contributed by atoms with Crippen molar-refractivity contribution < 1.29 is 9.72 Å². The molecule has 0 aliphatic heterocycles. The lowest BCUT2D eigenvalue weighted by Gasteiger charge is -2.04. The summed E-state index contributed by atoms with van der Waals surface area (Å²) in [5.74, 6) is -0.0810. The highest BCUT2D eigenvalue weighted by molar-refractivity contribution is 9.10. The van der Waals surface area contributed by atoms with Gasteiger partial charge >= 0.3 is 0 Å². The molecule has 0 spiro atoms. The second kappa shape index (κ2) is 5.19. The Morgan fingerprint density at radius 1 is 1.53 bits per heavy atom. The van der Waals surface area contributed by atoms with Gasteiger partial charge in [0.25, 0.3) is 11.6 Å². The van der Waals surface area contributed by atoms with Crippen molar-refractivity contribution in [2.75, 3.05) is 5.32 Å². The third kappa shape index (κ3) is 2.97. The lowest BCUT2D eigenvalue weighted by molar-refractivity contribution is -0.384. The Labute approximate surface area is 116 Å². The number of nitro groups is 1. The number of nitrogens with zero attached hydrogens (tertiary/aromatic N) is 3. The van der Waals surface area contributed by atoms with Crippen LogP contribution in [0.5, 0.6) is 0 Å². The SMILES string of the molecule is Cn1cc([N+](=O)[O-])cc1C(=O)Nc1ccc(Br)cn1. The van der Waals surface area contributed by atoms with E-state index in [1.54, 1.807) is 25.4 Å². The van der Waals surface area contributed by atoms with Gasteiger partial charge in [-0.25, -0.2) is 4.98 Å². The van der Waals surface area contributed by atoms with E-state index in [2.05, 4.69) is 26.2 Å². The summed E-state index contributed by atoms with van der Waals surface area (Å²) in [6, 6.07) is 4.57. The largest absolute Gasteiger partial charge is 0.340 e. The summed E-state index contributed by atoms with van der Waals surface area (Å²) in [6.45, 7) is 0. The summed E-state index contributed by atoms with van der Waals surface area (Å²) < 4.78 is 2.19. The van der Waals surface area contributed by atoms with Crippen LogP contribution in [0.25, 0.3) is 0 Å². The molecule has 0 aromatic carbocycles. The van der Waals surface area contributed by atoms with E-state index < -0.39 is 10.8 Å². The molecule has 7 nitrogen and oxygen atoms in total. The van der Waals surface area contributed by atoms with Gasteiger partial charge in [0.1, 0.15) is 11.5 Å². The van der Waals surface area contributed by atoms with Crippen LogP contribution in [-0.4, -0.2) is 20.4 Å². The minimum atomic E-state index is -0.547. The van der Waals surface area contributed by atoms with Crippen molar-refractivity contribution in [2.45, 2.75) is 0 Å². The van der Waals surface area contributed by atoms with E-state index >= 15 is 0 Å². The summed E-state index contributed by atoms with van der Waals surface area (Å²) in [5, 5.41) is 13.2. The molecule has 0 unspecified atom stereocenters. The highest BCUT2D eigenvalue weighted by Crippen LogP contribution is 2.17. The zero-order chi connectivity index (χ0) is 14.0. The van der Waals surface area contributed by atoms with Crippen LogP contribution >= 0.6 is 15.9 Å². The lowest BCUT2D eigenvalue weighted by Crippen LogP contribution is -2.15. The molecule has 2 rings (SSSR count). The number of nitrogens with one attached hydrogen (secondary N) is 1. The van der Waals surface area contributed by atoms with Gasteiger partial charge in [-0.1, -0.05) is 0 Å². The molecular formula is C11H9BrN4O3. The van der Waals surface area contributed by atoms with Crippen LogP contribution in [-0.2, 0) is 7.05 Å². The number of anilines is 1. The topological polar surface area (TPSA) is 90.1 Å². The highest BCUT2D eigenvalue weighted by atomic mass is 79.9. The van der Waals surface area contributed by atoms with Gasteiger partial charge in [0.2, 0.25) is 0 Å². The Hall–Kier alpha value is -2.22. The van der Waals surface area contributed by atoms with Crippen LogP contribution in [0.15, 0.2) is 35.1 Å². The van der Waals surface area contributed by atoms with Crippen LogP contribution in [0.1, 0.15) is 10.5 Å². The summed E-state index contributed by atoms with van der Waals surface area (Å²) in [4.78, 5) is 26.0. The first-order valence-electron chi connectivity index (χ1n) is 5.21. The number of aryl methyl sites for hydroxylation is 1. The first-order valence-corrected chi connectivity index (χ1v) is 6.00. The molecule has 8 heteroatoms. The number of hydrogen-bond acceptors (Lipinski definition) is 4. The van der Waals surface area contributed by atoms with Crippen LogP contribution in [0.3, 0.4) is 0 Å². The van der Waals surface area contributed by atoms with Crippen LogP contribution in [0.2, 0.25) is 0 Å². The second-order valence-corrected chi connectivity index (χ2v) is 4.68. The van der Waals surface area contributed by atoms with Gasteiger partial charge in [-0.05, 0) is 28.1 Å². The molecule has 0 bridgehead atoms. The first-order chi connectivity index (χ1) is 8.97. The van der Waals surface area contributed by atoms with Gasteiger partial charge < -0.3 is 9.88 Å². The molecule has 2 heterocycles. The van der Waals surface area contributed by atoms with Crippen molar-refractivity contribution >= 4 is 33.3 Å². The van der Waals surface area contributed by atoms with Crippen molar-refractivity contribution in [3.05, 3.63) is 50.9 Å². The van der Waals surface area contributed by atoms with Crippen LogP contribution < -0.4 is 5.32 Å². The van der Waals surface area contributed by atoms with Gasteiger partial charge in [-0.15, -0.1) is 0 Å². The summed E-state index contributed by atoms with van der Waals surface area (Å²) in [7, 11) is 1.57. The van der Waals surface area contributed by atoms with Gasteiger partial charge in [0.05, 0.1) is 11.1 Å². The molecule has 0 aliphatic rings. The summed E-state index contributed by atoms with van der Waals surface area (Å²) >= 11 is 3.23. The predicted molar refractivity (Wildman–Crippen MR) is 72.0 cm³/mol. The number of rotatable bonds is 3. The zero-order valence-corrected chi connectivity index (χ0v) is 11.4. The highest BCUT2D eigenvalue weighted by Gasteiger charge is 2.17. The second-order valence-electron chi connectivity index (χ2n) is 3.77. The standard InChI is InChI=1S/C11H9BrN4O3/c1-15-6-8(16(18)19)4-9(15)11(17)14-10-3-2-7(12)5-13-10/h2-6H,1H3,(H,13,14,17). The fourth-order valence-corrected chi connectivity index (χ4v) is 1.74. The van der Waals surface area contributed by atoms with Gasteiger partial charge in [-0.3, -0.25) is 14.9 Å². The molecule has 0 aliphatic carbocycles. The number of halogens is 1. The third-order valence-electron chi connectivity index (χ3n) is 2.40.